The molecule has 0 heterocycles. The third-order valence-electron chi connectivity index (χ3n) is 3.16. The highest BCUT2D eigenvalue weighted by Crippen LogP contribution is 2.44. The Labute approximate surface area is 94.3 Å². The quantitative estimate of drug-likeness (QED) is 0.658. The summed E-state index contributed by atoms with van der Waals surface area (Å²) < 4.78 is 0. The molecule has 3 rings (SSSR count). The van der Waals surface area contributed by atoms with Crippen molar-refractivity contribution in [3.05, 3.63) is 53.1 Å². The molecule has 0 aromatic heterocycles. The molecule has 0 aliphatic heterocycles. The van der Waals surface area contributed by atoms with Crippen LogP contribution < -0.4 is 5.73 Å². The highest BCUT2D eigenvalue weighted by Gasteiger charge is 2.26. The van der Waals surface area contributed by atoms with Crippen molar-refractivity contribution in [3.8, 4) is 11.1 Å². The van der Waals surface area contributed by atoms with Crippen LogP contribution in [-0.2, 0) is 0 Å². The number of aliphatic hydroxyl groups excluding tert-OH is 1. The Bertz CT molecular complexity index is 523. The van der Waals surface area contributed by atoms with E-state index in [1.165, 1.54) is 5.56 Å². The Morgan fingerprint density at radius 3 is 2.38 bits per heavy atom. The van der Waals surface area contributed by atoms with Crippen LogP contribution in [0.15, 0.2) is 36.4 Å². The van der Waals surface area contributed by atoms with E-state index in [-0.39, 0.29) is 0 Å². The Balaban J connectivity index is 2.30. The molecule has 1 aliphatic rings. The van der Waals surface area contributed by atoms with E-state index in [4.69, 9.17) is 5.73 Å². The van der Waals surface area contributed by atoms with Gasteiger partial charge in [-0.1, -0.05) is 29.8 Å². The number of fused-ring (bicyclic) bond motifs is 3. The van der Waals surface area contributed by atoms with E-state index >= 15 is 0 Å². The number of hydrogen-bond acceptors (Lipinski definition) is 2. The second kappa shape index (κ2) is 3.09. The number of aryl methyl sites for hydroxylation is 1. The largest absolute Gasteiger partial charge is 0.399 e. The summed E-state index contributed by atoms with van der Waals surface area (Å²) in [5.74, 6) is 0. The first-order valence-corrected chi connectivity index (χ1v) is 5.35. The summed E-state index contributed by atoms with van der Waals surface area (Å²) in [6.07, 6.45) is -0.534. The maximum Gasteiger partial charge on any atom is 0.105 e. The summed E-state index contributed by atoms with van der Waals surface area (Å²) in [5, 5.41) is 10.2. The lowest BCUT2D eigenvalue weighted by Gasteiger charge is -2.06. The molecule has 0 fully saturated rings. The Morgan fingerprint density at radius 1 is 1.00 bits per heavy atom. The van der Waals surface area contributed by atoms with Gasteiger partial charge in [0.15, 0.2) is 0 Å². The summed E-state index contributed by atoms with van der Waals surface area (Å²) in [7, 11) is 0. The summed E-state index contributed by atoms with van der Waals surface area (Å²) >= 11 is 0. The van der Waals surface area contributed by atoms with Gasteiger partial charge in [-0.2, -0.15) is 0 Å². The molecule has 0 amide bonds. The van der Waals surface area contributed by atoms with Crippen LogP contribution in [0.1, 0.15) is 22.8 Å². The molecule has 1 atom stereocenters. The SMILES string of the molecule is Cc1ccc2c(c1)C(O)c1cc(N)ccc1-2. The molecule has 0 saturated carbocycles. The van der Waals surface area contributed by atoms with Crippen molar-refractivity contribution in [3.63, 3.8) is 0 Å². The highest BCUT2D eigenvalue weighted by molar-refractivity contribution is 5.79. The Morgan fingerprint density at radius 2 is 1.62 bits per heavy atom. The maximum absolute atomic E-state index is 10.2. The molecule has 1 aliphatic carbocycles. The minimum atomic E-state index is -0.534. The maximum atomic E-state index is 10.2. The molecule has 2 aromatic carbocycles. The predicted octanol–water partition coefficient (Wildman–Crippen LogP) is 2.64. The monoisotopic (exact) mass is 211 g/mol. The van der Waals surface area contributed by atoms with Gasteiger partial charge < -0.3 is 10.8 Å². The zero-order valence-electron chi connectivity index (χ0n) is 9.07. The Kier molecular flexibility index (Phi) is 1.82. The van der Waals surface area contributed by atoms with Crippen LogP contribution in [0.3, 0.4) is 0 Å². The van der Waals surface area contributed by atoms with Gasteiger partial charge in [0.05, 0.1) is 0 Å². The fraction of sp³-hybridized carbons (Fsp3) is 0.143. The minimum absolute atomic E-state index is 0.534. The van der Waals surface area contributed by atoms with E-state index in [0.29, 0.717) is 5.69 Å². The summed E-state index contributed by atoms with van der Waals surface area (Å²) in [4.78, 5) is 0. The van der Waals surface area contributed by atoms with Crippen LogP contribution in [0.5, 0.6) is 0 Å². The molecule has 3 N–H and O–H groups in total. The fourth-order valence-corrected chi connectivity index (χ4v) is 2.37. The number of benzene rings is 2. The molecule has 80 valence electrons. The first-order chi connectivity index (χ1) is 7.66. The van der Waals surface area contributed by atoms with Crippen molar-refractivity contribution in [1.82, 2.24) is 0 Å². The standard InChI is InChI=1S/C14H13NO/c1-8-2-4-10-11-5-3-9(15)7-13(11)14(16)12(10)6-8/h2-7,14,16H,15H2,1H3. The molecule has 0 spiro atoms. The first-order valence-electron chi connectivity index (χ1n) is 5.35. The second-order valence-electron chi connectivity index (χ2n) is 4.34. The fourth-order valence-electron chi connectivity index (χ4n) is 2.37. The van der Waals surface area contributed by atoms with Gasteiger partial charge in [0, 0.05) is 5.69 Å². The normalized spacial score (nSPS) is 17.0. The summed E-state index contributed by atoms with van der Waals surface area (Å²) in [5.41, 5.74) is 11.7. The van der Waals surface area contributed by atoms with Gasteiger partial charge in [-0.25, -0.2) is 0 Å². The number of aliphatic hydroxyl groups is 1. The average Bonchev–Trinajstić information content (AvgIpc) is 2.53. The lowest BCUT2D eigenvalue weighted by molar-refractivity contribution is 0.225. The molecule has 0 bridgehead atoms. The van der Waals surface area contributed by atoms with E-state index in [0.717, 1.165) is 22.3 Å². The molecular formula is C14H13NO. The van der Waals surface area contributed by atoms with E-state index in [9.17, 15) is 5.11 Å². The highest BCUT2D eigenvalue weighted by atomic mass is 16.3. The van der Waals surface area contributed by atoms with Crippen molar-refractivity contribution in [2.45, 2.75) is 13.0 Å². The number of rotatable bonds is 0. The first kappa shape index (κ1) is 9.43. The van der Waals surface area contributed by atoms with Gasteiger partial charge in [-0.05, 0) is 41.3 Å². The number of nitrogens with two attached hydrogens (primary N) is 1. The van der Waals surface area contributed by atoms with Gasteiger partial charge in [-0.3, -0.25) is 0 Å². The van der Waals surface area contributed by atoms with Crippen molar-refractivity contribution in [1.29, 1.82) is 0 Å². The van der Waals surface area contributed by atoms with Crippen LogP contribution in [0.2, 0.25) is 0 Å². The van der Waals surface area contributed by atoms with Crippen LogP contribution in [0.4, 0.5) is 5.69 Å². The van der Waals surface area contributed by atoms with Gasteiger partial charge in [0.25, 0.3) is 0 Å². The lowest BCUT2D eigenvalue weighted by atomic mass is 10.0. The molecule has 2 heteroatoms. The number of nitrogen functional groups attached to an aromatic ring is 1. The third-order valence-corrected chi connectivity index (χ3v) is 3.16. The van der Waals surface area contributed by atoms with Crippen LogP contribution in [-0.4, -0.2) is 5.11 Å². The van der Waals surface area contributed by atoms with Crippen LogP contribution in [0.25, 0.3) is 11.1 Å². The number of anilines is 1. The van der Waals surface area contributed by atoms with E-state index < -0.39 is 6.10 Å². The van der Waals surface area contributed by atoms with Gasteiger partial charge >= 0.3 is 0 Å². The van der Waals surface area contributed by atoms with Crippen molar-refractivity contribution >= 4 is 5.69 Å². The lowest BCUT2D eigenvalue weighted by Crippen LogP contribution is -1.95. The van der Waals surface area contributed by atoms with E-state index in [2.05, 4.69) is 12.1 Å². The minimum Gasteiger partial charge on any atom is -0.399 e. The molecule has 2 nitrogen and oxygen atoms in total. The molecule has 16 heavy (non-hydrogen) atoms. The van der Waals surface area contributed by atoms with Gasteiger partial charge in [0.1, 0.15) is 6.10 Å². The van der Waals surface area contributed by atoms with Gasteiger partial charge in [-0.15, -0.1) is 0 Å². The molecule has 0 saturated heterocycles. The van der Waals surface area contributed by atoms with Crippen molar-refractivity contribution < 1.29 is 5.11 Å². The van der Waals surface area contributed by atoms with Crippen LogP contribution >= 0.6 is 0 Å². The second-order valence-corrected chi connectivity index (χ2v) is 4.34. The molecule has 1 unspecified atom stereocenters. The zero-order chi connectivity index (χ0) is 11.3. The molecule has 2 aromatic rings. The van der Waals surface area contributed by atoms with Crippen molar-refractivity contribution in [2.75, 3.05) is 5.73 Å². The molecular weight excluding hydrogens is 198 g/mol. The zero-order valence-corrected chi connectivity index (χ0v) is 9.07. The molecule has 0 radical (unpaired) electrons. The average molecular weight is 211 g/mol. The van der Waals surface area contributed by atoms with Gasteiger partial charge in [0.2, 0.25) is 0 Å². The van der Waals surface area contributed by atoms with Crippen LogP contribution in [0, 0.1) is 6.92 Å². The topological polar surface area (TPSA) is 46.2 Å². The summed E-state index contributed by atoms with van der Waals surface area (Å²) in [6.45, 7) is 2.03. The number of hydrogen-bond donors (Lipinski definition) is 2. The predicted molar refractivity (Wildman–Crippen MR) is 65.1 cm³/mol. The van der Waals surface area contributed by atoms with Crippen molar-refractivity contribution in [2.24, 2.45) is 0 Å². The summed E-state index contributed by atoms with van der Waals surface area (Å²) in [6, 6.07) is 11.9. The third kappa shape index (κ3) is 1.17. The van der Waals surface area contributed by atoms with E-state index in [1.54, 1.807) is 0 Å². The Hall–Kier alpha value is -1.80. The smallest absolute Gasteiger partial charge is 0.105 e. The van der Waals surface area contributed by atoms with E-state index in [1.807, 2.05) is 31.2 Å².